The summed E-state index contributed by atoms with van der Waals surface area (Å²) in [5, 5.41) is 0. The normalized spacial score (nSPS) is 34.6. The van der Waals surface area contributed by atoms with Crippen LogP contribution in [0.1, 0.15) is 32.6 Å². The predicted molar refractivity (Wildman–Crippen MR) is 72.5 cm³/mol. The minimum Gasteiger partial charge on any atom is -0.306 e. The van der Waals surface area contributed by atoms with Crippen LogP contribution < -0.4 is 4.72 Å². The first-order valence-electron chi connectivity index (χ1n) is 6.82. The van der Waals surface area contributed by atoms with Crippen LogP contribution in [0.25, 0.3) is 0 Å². The third kappa shape index (κ3) is 3.23. The zero-order chi connectivity index (χ0) is 13.3. The fourth-order valence-electron chi connectivity index (χ4n) is 2.76. The number of nitrogens with one attached hydrogen (secondary N) is 1. The van der Waals surface area contributed by atoms with Gasteiger partial charge in [0.25, 0.3) is 10.2 Å². The van der Waals surface area contributed by atoms with Gasteiger partial charge in [0.2, 0.25) is 0 Å². The zero-order valence-electron chi connectivity index (χ0n) is 11.6. The molecule has 0 radical (unpaired) electrons. The molecule has 18 heavy (non-hydrogen) atoms. The molecule has 1 saturated heterocycles. The van der Waals surface area contributed by atoms with Gasteiger partial charge in [0.1, 0.15) is 0 Å². The summed E-state index contributed by atoms with van der Waals surface area (Å²) in [6.45, 7) is 3.45. The minimum absolute atomic E-state index is 0.125. The summed E-state index contributed by atoms with van der Waals surface area (Å²) in [6.07, 6.45) is 3.97. The Kier molecular flexibility index (Phi) is 4.31. The van der Waals surface area contributed by atoms with E-state index in [1.165, 1.54) is 0 Å². The minimum atomic E-state index is -3.26. The molecule has 2 fully saturated rings. The standard InChI is InChI=1S/C12H25N3O2S/c1-10-5-4-6-15(9-10)18(16,17)13-11-7-12(8-11)14(2)3/h10-13H,4-9H2,1-3H3. The van der Waals surface area contributed by atoms with Gasteiger partial charge in [-0.15, -0.1) is 0 Å². The maximum absolute atomic E-state index is 12.2. The van der Waals surface area contributed by atoms with Crippen molar-refractivity contribution in [2.24, 2.45) is 5.92 Å². The van der Waals surface area contributed by atoms with Crippen LogP contribution in [-0.4, -0.2) is 56.9 Å². The van der Waals surface area contributed by atoms with Gasteiger partial charge in [0, 0.05) is 25.2 Å². The summed E-state index contributed by atoms with van der Waals surface area (Å²) >= 11 is 0. The number of hydrogen-bond acceptors (Lipinski definition) is 3. The van der Waals surface area contributed by atoms with E-state index in [4.69, 9.17) is 0 Å². The van der Waals surface area contributed by atoms with E-state index in [9.17, 15) is 8.42 Å². The van der Waals surface area contributed by atoms with Crippen molar-refractivity contribution in [3.05, 3.63) is 0 Å². The molecule has 1 heterocycles. The smallest absolute Gasteiger partial charge is 0.279 e. The second kappa shape index (κ2) is 5.45. The molecule has 2 rings (SSSR count). The molecule has 1 saturated carbocycles. The van der Waals surface area contributed by atoms with Crippen LogP contribution in [0.15, 0.2) is 0 Å². The van der Waals surface area contributed by atoms with E-state index in [-0.39, 0.29) is 6.04 Å². The van der Waals surface area contributed by atoms with Gasteiger partial charge in [-0.2, -0.15) is 17.4 Å². The molecule has 0 aromatic rings. The van der Waals surface area contributed by atoms with Crippen molar-refractivity contribution in [3.8, 4) is 0 Å². The molecule has 1 aliphatic heterocycles. The Morgan fingerprint density at radius 1 is 1.28 bits per heavy atom. The average molecular weight is 275 g/mol. The fraction of sp³-hybridized carbons (Fsp3) is 1.00. The first-order valence-corrected chi connectivity index (χ1v) is 8.26. The van der Waals surface area contributed by atoms with E-state index in [0.717, 1.165) is 25.7 Å². The van der Waals surface area contributed by atoms with Crippen LogP contribution in [0.2, 0.25) is 0 Å². The lowest BCUT2D eigenvalue weighted by Gasteiger charge is -2.41. The van der Waals surface area contributed by atoms with Gasteiger partial charge in [-0.05, 0) is 45.7 Å². The van der Waals surface area contributed by atoms with Crippen LogP contribution in [0.3, 0.4) is 0 Å². The quantitative estimate of drug-likeness (QED) is 0.819. The van der Waals surface area contributed by atoms with Gasteiger partial charge in [-0.1, -0.05) is 6.92 Å². The largest absolute Gasteiger partial charge is 0.306 e. The van der Waals surface area contributed by atoms with Crippen molar-refractivity contribution in [1.29, 1.82) is 0 Å². The molecule has 0 aromatic heterocycles. The average Bonchev–Trinajstić information content (AvgIpc) is 2.22. The third-order valence-electron chi connectivity index (χ3n) is 4.12. The van der Waals surface area contributed by atoms with Crippen LogP contribution in [-0.2, 0) is 10.2 Å². The van der Waals surface area contributed by atoms with Crippen molar-refractivity contribution in [2.75, 3.05) is 27.2 Å². The van der Waals surface area contributed by atoms with Gasteiger partial charge in [0.15, 0.2) is 0 Å². The first kappa shape index (κ1) is 14.2. The Labute approximate surface area is 111 Å². The summed E-state index contributed by atoms with van der Waals surface area (Å²) in [4.78, 5) is 2.16. The molecular weight excluding hydrogens is 250 g/mol. The summed E-state index contributed by atoms with van der Waals surface area (Å²) in [5.41, 5.74) is 0. The van der Waals surface area contributed by atoms with E-state index in [2.05, 4.69) is 16.5 Å². The van der Waals surface area contributed by atoms with E-state index in [1.807, 2.05) is 14.1 Å². The van der Waals surface area contributed by atoms with Gasteiger partial charge < -0.3 is 4.90 Å². The Balaban J connectivity index is 1.85. The van der Waals surface area contributed by atoms with Crippen molar-refractivity contribution < 1.29 is 8.42 Å². The molecule has 6 heteroatoms. The topological polar surface area (TPSA) is 52.7 Å². The molecule has 2 aliphatic rings. The van der Waals surface area contributed by atoms with Crippen LogP contribution in [0.4, 0.5) is 0 Å². The second-order valence-electron chi connectivity index (χ2n) is 6.01. The molecule has 106 valence electrons. The number of piperidine rings is 1. The molecule has 0 aromatic carbocycles. The SMILES string of the molecule is CC1CCCN(S(=O)(=O)NC2CC(N(C)C)C2)C1. The molecule has 0 spiro atoms. The molecule has 1 N–H and O–H groups in total. The van der Waals surface area contributed by atoms with Gasteiger partial charge in [-0.25, -0.2) is 0 Å². The Bertz CT molecular complexity index is 377. The molecule has 0 amide bonds. The lowest BCUT2D eigenvalue weighted by molar-refractivity contribution is 0.157. The first-order chi connectivity index (χ1) is 8.38. The Morgan fingerprint density at radius 3 is 2.50 bits per heavy atom. The van der Waals surface area contributed by atoms with E-state index in [1.54, 1.807) is 4.31 Å². The van der Waals surface area contributed by atoms with E-state index < -0.39 is 10.2 Å². The molecule has 1 unspecified atom stereocenters. The van der Waals surface area contributed by atoms with Crippen molar-refractivity contribution in [1.82, 2.24) is 13.9 Å². The summed E-state index contributed by atoms with van der Waals surface area (Å²) in [7, 11) is 0.826. The van der Waals surface area contributed by atoms with Crippen molar-refractivity contribution in [3.63, 3.8) is 0 Å². The van der Waals surface area contributed by atoms with Crippen LogP contribution >= 0.6 is 0 Å². The third-order valence-corrected chi connectivity index (χ3v) is 5.76. The van der Waals surface area contributed by atoms with E-state index in [0.29, 0.717) is 25.0 Å². The zero-order valence-corrected chi connectivity index (χ0v) is 12.4. The molecule has 0 bridgehead atoms. The molecule has 1 atom stereocenters. The highest BCUT2D eigenvalue weighted by atomic mass is 32.2. The highest BCUT2D eigenvalue weighted by molar-refractivity contribution is 7.87. The summed E-state index contributed by atoms with van der Waals surface area (Å²) < 4.78 is 28.9. The lowest BCUT2D eigenvalue weighted by atomic mass is 9.87. The maximum atomic E-state index is 12.2. The van der Waals surface area contributed by atoms with Crippen molar-refractivity contribution in [2.45, 2.75) is 44.7 Å². The maximum Gasteiger partial charge on any atom is 0.279 e. The second-order valence-corrected chi connectivity index (χ2v) is 7.72. The van der Waals surface area contributed by atoms with Gasteiger partial charge in [0.05, 0.1) is 0 Å². The highest BCUT2D eigenvalue weighted by Gasteiger charge is 2.36. The Hall–Kier alpha value is -0.170. The number of hydrogen-bond donors (Lipinski definition) is 1. The van der Waals surface area contributed by atoms with Crippen LogP contribution in [0, 0.1) is 5.92 Å². The van der Waals surface area contributed by atoms with Crippen LogP contribution in [0.5, 0.6) is 0 Å². The predicted octanol–water partition coefficient (Wildman–Crippen LogP) is 0.645. The van der Waals surface area contributed by atoms with E-state index >= 15 is 0 Å². The van der Waals surface area contributed by atoms with Gasteiger partial charge in [-0.3, -0.25) is 0 Å². The molecule has 1 aliphatic carbocycles. The Morgan fingerprint density at radius 2 is 1.94 bits per heavy atom. The van der Waals surface area contributed by atoms with Gasteiger partial charge >= 0.3 is 0 Å². The summed E-state index contributed by atoms with van der Waals surface area (Å²) in [6, 6.07) is 0.651. The lowest BCUT2D eigenvalue weighted by Crippen LogP contribution is -2.55. The highest BCUT2D eigenvalue weighted by Crippen LogP contribution is 2.25. The fourth-order valence-corrected chi connectivity index (χ4v) is 4.34. The number of nitrogens with zero attached hydrogens (tertiary/aromatic N) is 2. The molecular formula is C12H25N3O2S. The summed E-state index contributed by atoms with van der Waals surface area (Å²) in [5.74, 6) is 0.478. The molecule has 5 nitrogen and oxygen atoms in total. The monoisotopic (exact) mass is 275 g/mol. The van der Waals surface area contributed by atoms with Crippen molar-refractivity contribution >= 4 is 10.2 Å². The number of rotatable bonds is 4.